The second-order valence-electron chi connectivity index (χ2n) is 5.39. The van der Waals surface area contributed by atoms with E-state index in [4.69, 9.17) is 0 Å². The molecular weight excluding hydrogens is 296 g/mol. The minimum atomic E-state index is -3.68. The molecule has 116 valence electrons. The molecule has 0 bridgehead atoms. The average Bonchev–Trinajstić information content (AvgIpc) is 2.86. The Labute approximate surface area is 123 Å². The zero-order valence-corrected chi connectivity index (χ0v) is 12.7. The first-order valence-electron chi connectivity index (χ1n) is 6.62. The van der Waals surface area contributed by atoms with Gasteiger partial charge < -0.3 is 10.0 Å². The van der Waals surface area contributed by atoms with Crippen LogP contribution in [0.1, 0.15) is 13.3 Å². The topological polar surface area (TPSA) is 101 Å². The number of hydrogen-bond acceptors (Lipinski definition) is 6. The van der Waals surface area contributed by atoms with E-state index < -0.39 is 20.9 Å². The third-order valence-corrected chi connectivity index (χ3v) is 4.94. The van der Waals surface area contributed by atoms with Crippen molar-refractivity contribution in [3.05, 3.63) is 28.3 Å². The maximum absolute atomic E-state index is 11.7. The molecule has 1 saturated heterocycles. The van der Waals surface area contributed by atoms with E-state index in [0.717, 1.165) is 12.7 Å². The summed E-state index contributed by atoms with van der Waals surface area (Å²) < 4.78 is 23.5. The molecule has 0 aliphatic carbocycles. The summed E-state index contributed by atoms with van der Waals surface area (Å²) in [6.07, 6.45) is 1.19. The first-order valence-corrected chi connectivity index (χ1v) is 8.51. The number of para-hydroxylation sites is 1. The Hall–Kier alpha value is -1.67. The molecule has 2 atom stereocenters. The molecule has 0 saturated carbocycles. The molecule has 0 amide bonds. The fourth-order valence-electron chi connectivity index (χ4n) is 2.65. The zero-order valence-electron chi connectivity index (χ0n) is 11.9. The largest absolute Gasteiger partial charge is 0.393 e. The van der Waals surface area contributed by atoms with Crippen LogP contribution in [0.3, 0.4) is 0 Å². The molecule has 1 N–H and O–H groups in total. The van der Waals surface area contributed by atoms with E-state index in [1.807, 2.05) is 0 Å². The molecule has 2 rings (SSSR count). The van der Waals surface area contributed by atoms with Crippen LogP contribution in [0.4, 0.5) is 11.4 Å². The van der Waals surface area contributed by atoms with Gasteiger partial charge in [0.15, 0.2) is 9.84 Å². The summed E-state index contributed by atoms with van der Waals surface area (Å²) in [6.45, 7) is 2.73. The normalized spacial score (nSPS) is 20.5. The first-order chi connectivity index (χ1) is 9.71. The molecule has 2 unspecified atom stereocenters. The van der Waals surface area contributed by atoms with Gasteiger partial charge in [0.05, 0.1) is 11.0 Å². The van der Waals surface area contributed by atoms with Crippen LogP contribution < -0.4 is 4.90 Å². The highest BCUT2D eigenvalue weighted by atomic mass is 32.2. The van der Waals surface area contributed by atoms with Gasteiger partial charge in [0, 0.05) is 25.3 Å². The van der Waals surface area contributed by atoms with Crippen LogP contribution in [0.5, 0.6) is 0 Å². The molecule has 21 heavy (non-hydrogen) atoms. The van der Waals surface area contributed by atoms with Gasteiger partial charge in [-0.15, -0.1) is 0 Å². The monoisotopic (exact) mass is 314 g/mol. The second kappa shape index (κ2) is 5.61. The highest BCUT2D eigenvalue weighted by molar-refractivity contribution is 7.90. The number of anilines is 1. The molecule has 8 heteroatoms. The molecule has 1 aliphatic heterocycles. The van der Waals surface area contributed by atoms with Crippen molar-refractivity contribution in [2.75, 3.05) is 24.2 Å². The summed E-state index contributed by atoms with van der Waals surface area (Å²) in [6, 6.07) is 4.31. The van der Waals surface area contributed by atoms with Gasteiger partial charge in [-0.3, -0.25) is 10.1 Å². The van der Waals surface area contributed by atoms with Crippen molar-refractivity contribution in [2.24, 2.45) is 5.92 Å². The third-order valence-electron chi connectivity index (χ3n) is 3.81. The molecule has 7 nitrogen and oxygen atoms in total. The maximum atomic E-state index is 11.7. The summed E-state index contributed by atoms with van der Waals surface area (Å²) in [7, 11) is -3.68. The van der Waals surface area contributed by atoms with Crippen LogP contribution >= 0.6 is 0 Å². The van der Waals surface area contributed by atoms with E-state index in [9.17, 15) is 23.6 Å². The highest BCUT2D eigenvalue weighted by Crippen LogP contribution is 2.37. The molecule has 1 fully saturated rings. The summed E-state index contributed by atoms with van der Waals surface area (Å²) >= 11 is 0. The number of benzene rings is 1. The number of sulfone groups is 1. The Morgan fingerprint density at radius 3 is 2.62 bits per heavy atom. The van der Waals surface area contributed by atoms with Crippen LogP contribution in [0.25, 0.3) is 0 Å². The highest BCUT2D eigenvalue weighted by Gasteiger charge is 2.33. The predicted molar refractivity (Wildman–Crippen MR) is 78.2 cm³/mol. The van der Waals surface area contributed by atoms with Crippen molar-refractivity contribution in [1.29, 1.82) is 0 Å². The Morgan fingerprint density at radius 1 is 1.48 bits per heavy atom. The van der Waals surface area contributed by atoms with E-state index in [1.165, 1.54) is 12.1 Å². The van der Waals surface area contributed by atoms with Crippen LogP contribution in [0.15, 0.2) is 23.1 Å². The van der Waals surface area contributed by atoms with Crippen LogP contribution in [0.2, 0.25) is 0 Å². The fourth-order valence-corrected chi connectivity index (χ4v) is 3.50. The number of nitro benzene ring substituents is 1. The van der Waals surface area contributed by atoms with Crippen molar-refractivity contribution in [3.63, 3.8) is 0 Å². The average molecular weight is 314 g/mol. The molecule has 1 aliphatic rings. The quantitative estimate of drug-likeness (QED) is 0.662. The van der Waals surface area contributed by atoms with Crippen LogP contribution in [0, 0.1) is 16.0 Å². The number of aliphatic hydroxyl groups excluding tert-OH is 1. The summed E-state index contributed by atoms with van der Waals surface area (Å²) in [5, 5.41) is 20.9. The van der Waals surface area contributed by atoms with Gasteiger partial charge in [-0.25, -0.2) is 8.42 Å². The van der Waals surface area contributed by atoms with E-state index in [1.54, 1.807) is 17.9 Å². The Kier molecular flexibility index (Phi) is 4.20. The van der Waals surface area contributed by atoms with Crippen molar-refractivity contribution in [2.45, 2.75) is 24.3 Å². The fraction of sp³-hybridized carbons (Fsp3) is 0.538. The third kappa shape index (κ3) is 3.16. The smallest absolute Gasteiger partial charge is 0.311 e. The van der Waals surface area contributed by atoms with Gasteiger partial charge in [0.1, 0.15) is 10.6 Å². The number of hydrogen-bond donors (Lipinski definition) is 1. The summed E-state index contributed by atoms with van der Waals surface area (Å²) in [4.78, 5) is 12.2. The summed E-state index contributed by atoms with van der Waals surface area (Å²) in [5.41, 5.74) is -0.0858. The number of nitrogens with zero attached hydrogens (tertiary/aromatic N) is 2. The first kappa shape index (κ1) is 15.7. The lowest BCUT2D eigenvalue weighted by atomic mass is 10.0. The minimum absolute atomic E-state index is 0.0338. The molecule has 1 aromatic rings. The van der Waals surface area contributed by atoms with Gasteiger partial charge >= 0.3 is 5.69 Å². The van der Waals surface area contributed by atoms with Crippen molar-refractivity contribution in [3.8, 4) is 0 Å². The van der Waals surface area contributed by atoms with Gasteiger partial charge in [-0.2, -0.15) is 0 Å². The predicted octanol–water partition coefficient (Wildman–Crippen LogP) is 1.21. The number of rotatable bonds is 4. The Bertz CT molecular complexity index is 657. The van der Waals surface area contributed by atoms with Crippen molar-refractivity contribution >= 4 is 21.2 Å². The number of nitro groups is 1. The van der Waals surface area contributed by atoms with E-state index in [0.29, 0.717) is 18.8 Å². The molecule has 0 aromatic heterocycles. The standard InChI is InChI=1S/C13H18N2O5S/c1-9(16)10-6-7-14(8-10)11-4-3-5-12(21(2,19)20)13(11)15(17)18/h3-5,9-10,16H,6-8H2,1-2H3. The Morgan fingerprint density at radius 2 is 2.14 bits per heavy atom. The summed E-state index contributed by atoms with van der Waals surface area (Å²) in [5.74, 6) is 0.0338. The molecule has 1 heterocycles. The SMILES string of the molecule is CC(O)C1CCN(c2cccc(S(C)(=O)=O)c2[N+](=O)[O-])C1. The van der Waals surface area contributed by atoms with Crippen LogP contribution in [-0.4, -0.2) is 43.9 Å². The van der Waals surface area contributed by atoms with E-state index >= 15 is 0 Å². The lowest BCUT2D eigenvalue weighted by Gasteiger charge is -2.20. The maximum Gasteiger partial charge on any atom is 0.311 e. The molecule has 1 aromatic carbocycles. The van der Waals surface area contributed by atoms with Gasteiger partial charge in [-0.05, 0) is 25.5 Å². The van der Waals surface area contributed by atoms with Crippen molar-refractivity contribution in [1.82, 2.24) is 0 Å². The Balaban J connectivity index is 2.48. The van der Waals surface area contributed by atoms with Gasteiger partial charge in [0.25, 0.3) is 0 Å². The van der Waals surface area contributed by atoms with Crippen molar-refractivity contribution < 1.29 is 18.4 Å². The lowest BCUT2D eigenvalue weighted by molar-refractivity contribution is -0.387. The van der Waals surface area contributed by atoms with Crippen LogP contribution in [-0.2, 0) is 9.84 Å². The van der Waals surface area contributed by atoms with E-state index in [-0.39, 0.29) is 16.5 Å². The van der Waals surface area contributed by atoms with E-state index in [2.05, 4.69) is 0 Å². The van der Waals surface area contributed by atoms with Gasteiger partial charge in [-0.1, -0.05) is 6.07 Å². The lowest BCUT2D eigenvalue weighted by Crippen LogP contribution is -2.24. The minimum Gasteiger partial charge on any atom is -0.393 e. The second-order valence-corrected chi connectivity index (χ2v) is 7.37. The zero-order chi connectivity index (χ0) is 15.8. The molecular formula is C13H18N2O5S. The molecule has 0 spiro atoms. The van der Waals surface area contributed by atoms with Gasteiger partial charge in [0.2, 0.25) is 0 Å². The number of aliphatic hydroxyl groups is 1. The molecule has 0 radical (unpaired) electrons.